The zero-order chi connectivity index (χ0) is 13.2. The van der Waals surface area contributed by atoms with Gasteiger partial charge < -0.3 is 11.7 Å². The second-order valence-corrected chi connectivity index (χ2v) is 6.12. The molecule has 2 aromatic rings. The van der Waals surface area contributed by atoms with Gasteiger partial charge in [0, 0.05) is 5.56 Å². The van der Waals surface area contributed by atoms with E-state index in [0.29, 0.717) is 0 Å². The molecule has 3 nitrogen and oxygen atoms in total. The first-order valence-corrected chi connectivity index (χ1v) is 7.95. The van der Waals surface area contributed by atoms with Crippen molar-refractivity contribution in [3.05, 3.63) is 65.7 Å². The first kappa shape index (κ1) is 15.8. The van der Waals surface area contributed by atoms with E-state index < -0.39 is 9.91 Å². The van der Waals surface area contributed by atoms with Crippen molar-refractivity contribution < 1.29 is 29.6 Å². The topological polar surface area (TPSA) is 28.0 Å². The second kappa shape index (κ2) is 6.91. The van der Waals surface area contributed by atoms with E-state index in [1.807, 2.05) is 34.6 Å². The fraction of sp³-hybridized carbons (Fsp3) is 0.0714. The van der Waals surface area contributed by atoms with Gasteiger partial charge in [0.1, 0.15) is 0 Å². The Kier molecular flexibility index (Phi) is 5.46. The van der Waals surface area contributed by atoms with Crippen LogP contribution in [0.15, 0.2) is 64.2 Å². The molecule has 0 saturated heterocycles. The van der Waals surface area contributed by atoms with Gasteiger partial charge in [-0.3, -0.25) is 4.31 Å². The van der Waals surface area contributed by atoms with Gasteiger partial charge in [-0.1, -0.05) is 48.0 Å². The van der Waals surface area contributed by atoms with Crippen LogP contribution in [0, 0.1) is 6.92 Å². The Balaban J connectivity index is 0.00000147. The monoisotopic (exact) mass is 309 g/mol. The molecule has 0 amide bonds. The molecule has 0 saturated carbocycles. The fourth-order valence-corrected chi connectivity index (χ4v) is 3.26. The van der Waals surface area contributed by atoms with Crippen molar-refractivity contribution in [1.29, 1.82) is 0 Å². The van der Waals surface area contributed by atoms with Gasteiger partial charge in [-0.2, -0.15) is 0 Å². The van der Waals surface area contributed by atoms with E-state index in [4.69, 9.17) is 11.7 Å². The number of para-hydroxylation sites is 1. The maximum absolute atomic E-state index is 5.38. The average molecular weight is 309 g/mol. The zero-order valence-corrected chi connectivity index (χ0v) is 15.0. The van der Waals surface area contributed by atoms with Gasteiger partial charge in [0.05, 0.1) is 5.69 Å². The Hall–Kier alpha value is -0.590. The van der Waals surface area contributed by atoms with E-state index in [9.17, 15) is 0 Å². The number of nitrogens with zero attached hydrogens (tertiary/aromatic N) is 3. The molecule has 3 rings (SSSR count). The van der Waals surface area contributed by atoms with Crippen LogP contribution in [0.5, 0.6) is 0 Å². The van der Waals surface area contributed by atoms with E-state index in [1.165, 1.54) is 5.56 Å². The van der Waals surface area contributed by atoms with E-state index in [2.05, 4.69) is 40.8 Å². The zero-order valence-electron chi connectivity index (χ0n) is 11.4. The number of anilines is 1. The average Bonchev–Trinajstić information content (AvgIpc) is 2.82. The Morgan fingerprint density at radius 2 is 1.65 bits per heavy atom. The molecule has 0 bridgehead atoms. The maximum Gasteiger partial charge on any atom is 1.00 e. The number of hydrogen-bond donors (Lipinski definition) is 0. The Labute approximate surface area is 148 Å². The predicted octanol–water partition coefficient (Wildman–Crippen LogP) is 0.360. The summed E-state index contributed by atoms with van der Waals surface area (Å²) < 4.78 is 6.13. The molecule has 1 unspecified atom stereocenters. The van der Waals surface area contributed by atoms with Crippen LogP contribution in [0.2, 0.25) is 0 Å². The van der Waals surface area contributed by atoms with Crippen molar-refractivity contribution >= 4 is 33.1 Å². The van der Waals surface area contributed by atoms with Crippen molar-refractivity contribution in [1.82, 2.24) is 0 Å². The first-order chi connectivity index (χ1) is 9.25. The van der Waals surface area contributed by atoms with Crippen LogP contribution in [0.3, 0.4) is 0 Å². The van der Waals surface area contributed by atoms with Crippen molar-refractivity contribution in [3.63, 3.8) is 0 Å². The molecule has 0 spiro atoms. The molecule has 0 aliphatic carbocycles. The number of benzene rings is 2. The van der Waals surface area contributed by atoms with Gasteiger partial charge in [-0.05, 0) is 19.1 Å². The van der Waals surface area contributed by atoms with E-state index in [-0.39, 0.29) is 29.6 Å². The summed E-state index contributed by atoms with van der Waals surface area (Å²) in [6.07, 6.45) is 0. The normalized spacial score (nSPS) is 17.2. The van der Waals surface area contributed by atoms with Crippen LogP contribution in [-0.2, 0) is 21.6 Å². The van der Waals surface area contributed by atoms with E-state index in [0.717, 1.165) is 17.1 Å². The third kappa shape index (κ3) is 3.18. The van der Waals surface area contributed by atoms with Crippen LogP contribution >= 0.6 is 0 Å². The summed E-state index contributed by atoms with van der Waals surface area (Å²) in [5.41, 5.74) is 3.29. The Morgan fingerprint density at radius 1 is 1.00 bits per heavy atom. The third-order valence-electron chi connectivity index (χ3n) is 2.85. The fourth-order valence-electron chi connectivity index (χ4n) is 1.88. The quantitative estimate of drug-likeness (QED) is 0.455. The van der Waals surface area contributed by atoms with Crippen LogP contribution in [0.25, 0.3) is 0 Å². The molecule has 20 heavy (non-hydrogen) atoms. The van der Waals surface area contributed by atoms with Gasteiger partial charge in [0.2, 0.25) is 0 Å². The molecule has 0 radical (unpaired) electrons. The summed E-state index contributed by atoms with van der Waals surface area (Å²) in [5.74, 6) is 0.824. The molecule has 0 fully saturated rings. The molecule has 0 aromatic heterocycles. The van der Waals surface area contributed by atoms with Crippen LogP contribution in [0.1, 0.15) is 11.1 Å². The molecule has 0 N–H and O–H groups in total. The molecule has 1 heterocycles. The van der Waals surface area contributed by atoms with Gasteiger partial charge in [-0.25, -0.2) is 0 Å². The smallest absolute Gasteiger partial charge is 0.680 e. The number of amidine groups is 1. The molecular formula is C14H12N3NaS2. The van der Waals surface area contributed by atoms with Crippen LogP contribution in [0.4, 0.5) is 5.69 Å². The standard InChI is InChI=1S/C14H12N3S2.Na/c1-11-7-9-12(10-8-11)14-15-16-19(18)17(14)13-5-3-2-4-6-13;/h2-10H,1H3;/q-1;+1. The van der Waals surface area contributed by atoms with Gasteiger partial charge in [0.25, 0.3) is 0 Å². The minimum atomic E-state index is -0.660. The number of rotatable bonds is 2. The minimum Gasteiger partial charge on any atom is -0.680 e. The molecular weight excluding hydrogens is 297 g/mol. The molecule has 96 valence electrons. The van der Waals surface area contributed by atoms with Gasteiger partial charge in [-0.15, -0.1) is 19.5 Å². The molecule has 2 aromatic carbocycles. The summed E-state index contributed by atoms with van der Waals surface area (Å²) in [7, 11) is -0.660. The van der Waals surface area contributed by atoms with Gasteiger partial charge in [0.15, 0.2) is 5.84 Å². The third-order valence-corrected chi connectivity index (χ3v) is 4.42. The largest absolute Gasteiger partial charge is 1.00 e. The summed E-state index contributed by atoms with van der Waals surface area (Å²) in [5, 5.41) is 4.25. The van der Waals surface area contributed by atoms with Crippen molar-refractivity contribution in [2.75, 3.05) is 4.31 Å². The second-order valence-electron chi connectivity index (χ2n) is 4.23. The summed E-state index contributed by atoms with van der Waals surface area (Å²) in [4.78, 5) is 0. The summed E-state index contributed by atoms with van der Waals surface area (Å²) in [6.45, 7) is 2.07. The predicted molar refractivity (Wildman–Crippen MR) is 83.8 cm³/mol. The van der Waals surface area contributed by atoms with Crippen molar-refractivity contribution in [3.8, 4) is 0 Å². The van der Waals surface area contributed by atoms with Crippen molar-refractivity contribution in [2.45, 2.75) is 6.92 Å². The van der Waals surface area contributed by atoms with Crippen LogP contribution in [-0.4, -0.2) is 5.84 Å². The first-order valence-electron chi connectivity index (χ1n) is 5.88. The molecule has 1 atom stereocenters. The van der Waals surface area contributed by atoms with Crippen molar-refractivity contribution in [2.24, 2.45) is 9.57 Å². The molecule has 6 heteroatoms. The SMILES string of the molecule is Cc1ccc(C2=NN=S([S-])N2c2ccccc2)cc1.[Na+]. The Bertz CT molecular complexity index is 654. The summed E-state index contributed by atoms with van der Waals surface area (Å²) >= 11 is 5.38. The van der Waals surface area contributed by atoms with E-state index >= 15 is 0 Å². The van der Waals surface area contributed by atoms with Gasteiger partial charge >= 0.3 is 29.6 Å². The Morgan fingerprint density at radius 3 is 2.30 bits per heavy atom. The number of hydrogen-bond acceptors (Lipinski definition) is 4. The maximum atomic E-state index is 5.38. The molecule has 1 aliphatic heterocycles. The molecule has 1 aliphatic rings. The van der Waals surface area contributed by atoms with E-state index in [1.54, 1.807) is 0 Å². The summed E-state index contributed by atoms with van der Waals surface area (Å²) in [6, 6.07) is 18.3. The minimum absolute atomic E-state index is 0. The van der Waals surface area contributed by atoms with Crippen LogP contribution < -0.4 is 33.9 Å². The number of aryl methyl sites for hydroxylation is 1.